The molecule has 2 aliphatic rings. The number of piperidine rings is 2. The summed E-state index contributed by atoms with van der Waals surface area (Å²) in [5.41, 5.74) is 0. The number of rotatable bonds is 6. The van der Waals surface area contributed by atoms with Gasteiger partial charge in [0.25, 0.3) is 0 Å². The van der Waals surface area contributed by atoms with Crippen LogP contribution in [0.15, 0.2) is 0 Å². The Labute approximate surface area is 162 Å². The topological polar surface area (TPSA) is 63.3 Å². The largest absolute Gasteiger partial charge is 0.528 e. The fourth-order valence-corrected chi connectivity index (χ4v) is 3.11. The Morgan fingerprint density at radius 3 is 1.92 bits per heavy atom. The number of nitrogens with zero attached hydrogens (tertiary/aromatic N) is 2. The van der Waals surface area contributed by atoms with Gasteiger partial charge in [0.05, 0.1) is 19.2 Å². The summed E-state index contributed by atoms with van der Waals surface area (Å²) in [5, 5.41) is 0. The van der Waals surface area contributed by atoms with E-state index >= 15 is 0 Å². The molecule has 0 aromatic heterocycles. The lowest BCUT2D eigenvalue weighted by atomic mass is 9.98. The van der Waals surface area contributed by atoms with Crippen molar-refractivity contribution in [2.45, 2.75) is 25.7 Å². The van der Waals surface area contributed by atoms with Crippen molar-refractivity contribution < 1.29 is 19.1 Å². The van der Waals surface area contributed by atoms with Gasteiger partial charge in [-0.1, -0.05) is 17.7 Å². The second-order valence-corrected chi connectivity index (χ2v) is 7.19. The molecule has 0 bridgehead atoms. The van der Waals surface area contributed by atoms with E-state index < -0.39 is 6.16 Å². The molecule has 0 spiro atoms. The molecule has 0 aromatic rings. The third kappa shape index (κ3) is 11.2. The van der Waals surface area contributed by atoms with Crippen molar-refractivity contribution in [3.05, 3.63) is 0 Å². The predicted molar refractivity (Wildman–Crippen MR) is 105 cm³/mol. The van der Waals surface area contributed by atoms with Crippen molar-refractivity contribution in [3.8, 4) is 0 Å². The molecule has 2 heterocycles. The SMILES string of the molecule is CN1CCC(COC(=O)ONS)CC1.CN1CCC(COCS)CC1. The standard InChI is InChI=1S/C8H16N2O3S.C8H17NOS/c1-10-4-2-7(3-5-10)6-12-8(11)13-9-14;1-9-4-2-8(3-5-9)6-10-7-11/h7,9,14H,2-6H2,1H3;8,11H,2-7H2,1H3. The van der Waals surface area contributed by atoms with Gasteiger partial charge in [-0.25, -0.2) is 4.79 Å². The lowest BCUT2D eigenvalue weighted by Gasteiger charge is -2.28. The molecule has 0 radical (unpaired) electrons. The summed E-state index contributed by atoms with van der Waals surface area (Å²) < 4.78 is 10.1. The van der Waals surface area contributed by atoms with Crippen LogP contribution in [0.1, 0.15) is 25.7 Å². The van der Waals surface area contributed by atoms with Crippen LogP contribution in [0.4, 0.5) is 4.79 Å². The van der Waals surface area contributed by atoms with Crippen LogP contribution in [0.2, 0.25) is 0 Å². The third-order valence-electron chi connectivity index (χ3n) is 4.69. The van der Waals surface area contributed by atoms with E-state index in [4.69, 9.17) is 9.47 Å². The zero-order chi connectivity index (χ0) is 18.5. The summed E-state index contributed by atoms with van der Waals surface area (Å²) in [4.78, 5) is 21.7. The van der Waals surface area contributed by atoms with E-state index in [1.165, 1.54) is 25.9 Å². The van der Waals surface area contributed by atoms with Crippen LogP contribution in [-0.4, -0.2) is 75.4 Å². The maximum Gasteiger partial charge on any atom is 0.528 e. The van der Waals surface area contributed by atoms with E-state index in [9.17, 15) is 4.79 Å². The maximum absolute atomic E-state index is 10.8. The monoisotopic (exact) mass is 395 g/mol. The average molecular weight is 396 g/mol. The van der Waals surface area contributed by atoms with Gasteiger partial charge in [-0.3, -0.25) is 0 Å². The molecule has 0 aromatic carbocycles. The second-order valence-electron chi connectivity index (χ2n) is 6.75. The predicted octanol–water partition coefficient (Wildman–Crippen LogP) is 2.06. The minimum atomic E-state index is -0.723. The van der Waals surface area contributed by atoms with Crippen molar-refractivity contribution in [3.63, 3.8) is 0 Å². The van der Waals surface area contributed by atoms with E-state index in [2.05, 4.69) is 54.2 Å². The lowest BCUT2D eigenvalue weighted by molar-refractivity contribution is 0.0256. The Bertz CT molecular complexity index is 348. The van der Waals surface area contributed by atoms with Crippen molar-refractivity contribution in [2.75, 3.05) is 59.4 Å². The van der Waals surface area contributed by atoms with E-state index in [0.717, 1.165) is 38.5 Å². The van der Waals surface area contributed by atoms with Gasteiger partial charge in [-0.2, -0.15) is 12.6 Å². The average Bonchev–Trinajstić information content (AvgIpc) is 2.62. The first-order valence-electron chi connectivity index (χ1n) is 8.83. The number of likely N-dealkylation sites (tertiary alicyclic amines) is 2. The molecule has 25 heavy (non-hydrogen) atoms. The molecule has 2 rings (SSSR count). The number of thiol groups is 2. The van der Waals surface area contributed by atoms with Crippen molar-refractivity contribution in [2.24, 2.45) is 11.8 Å². The first kappa shape index (κ1) is 22.9. The number of nitrogens with one attached hydrogen (secondary N) is 1. The Morgan fingerprint density at radius 1 is 1.00 bits per heavy atom. The van der Waals surface area contributed by atoms with Gasteiger partial charge in [-0.05, 0) is 77.8 Å². The summed E-state index contributed by atoms with van der Waals surface area (Å²) in [6, 6.07) is 0. The molecule has 9 heteroatoms. The highest BCUT2D eigenvalue weighted by Gasteiger charge is 2.18. The molecule has 2 saturated heterocycles. The second kappa shape index (κ2) is 13.9. The summed E-state index contributed by atoms with van der Waals surface area (Å²) >= 11 is 7.52. The van der Waals surface area contributed by atoms with Crippen LogP contribution in [0.25, 0.3) is 0 Å². The number of carbonyl (C=O) groups excluding carboxylic acids is 1. The maximum atomic E-state index is 10.8. The summed E-state index contributed by atoms with van der Waals surface area (Å²) in [5.74, 6) is 1.80. The lowest BCUT2D eigenvalue weighted by Crippen LogP contribution is -2.32. The van der Waals surface area contributed by atoms with Crippen LogP contribution in [-0.2, 0) is 14.3 Å². The molecule has 2 aliphatic heterocycles. The van der Waals surface area contributed by atoms with Gasteiger partial charge in [0, 0.05) is 0 Å². The molecule has 0 atom stereocenters. The molecule has 7 nitrogen and oxygen atoms in total. The van der Waals surface area contributed by atoms with Crippen molar-refractivity contribution >= 4 is 31.6 Å². The van der Waals surface area contributed by atoms with Gasteiger partial charge in [0.2, 0.25) is 0 Å². The van der Waals surface area contributed by atoms with Crippen LogP contribution in [0.3, 0.4) is 0 Å². The summed E-state index contributed by atoms with van der Waals surface area (Å²) in [6.45, 7) is 5.91. The summed E-state index contributed by atoms with van der Waals surface area (Å²) in [7, 11) is 4.27. The first-order chi connectivity index (χ1) is 12.0. The molecule has 0 amide bonds. The smallest absolute Gasteiger partial charge is 0.433 e. The molecule has 2 fully saturated rings. The van der Waals surface area contributed by atoms with Crippen molar-refractivity contribution in [1.82, 2.24) is 14.7 Å². The quantitative estimate of drug-likeness (QED) is 0.275. The molecule has 1 N–H and O–H groups in total. The van der Waals surface area contributed by atoms with E-state index in [1.54, 1.807) is 0 Å². The van der Waals surface area contributed by atoms with Crippen LogP contribution in [0.5, 0.6) is 0 Å². The molecule has 148 valence electrons. The highest BCUT2D eigenvalue weighted by atomic mass is 32.1. The number of carbonyl (C=O) groups is 1. The molecular weight excluding hydrogens is 362 g/mol. The summed E-state index contributed by atoms with van der Waals surface area (Å²) in [6.07, 6.45) is 3.98. The first-order valence-corrected chi connectivity index (χ1v) is 9.91. The normalized spacial score (nSPS) is 20.6. The molecule has 0 aliphatic carbocycles. The van der Waals surface area contributed by atoms with Crippen LogP contribution in [0, 0.1) is 11.8 Å². The van der Waals surface area contributed by atoms with E-state index in [-0.39, 0.29) is 0 Å². The minimum absolute atomic E-state index is 0.433. The highest BCUT2D eigenvalue weighted by molar-refractivity contribution is 7.80. The minimum Gasteiger partial charge on any atom is -0.433 e. The van der Waals surface area contributed by atoms with Gasteiger partial charge >= 0.3 is 6.16 Å². The van der Waals surface area contributed by atoms with Gasteiger partial charge < -0.3 is 24.1 Å². The zero-order valence-corrected chi connectivity index (χ0v) is 17.1. The molecule has 0 unspecified atom stereocenters. The fraction of sp³-hybridized carbons (Fsp3) is 0.938. The zero-order valence-electron chi connectivity index (χ0n) is 15.4. The van der Waals surface area contributed by atoms with Crippen molar-refractivity contribution in [1.29, 1.82) is 0 Å². The Kier molecular flexibility index (Phi) is 12.7. The Morgan fingerprint density at radius 2 is 1.48 bits per heavy atom. The highest BCUT2D eigenvalue weighted by Crippen LogP contribution is 2.16. The van der Waals surface area contributed by atoms with Crippen LogP contribution < -0.4 is 4.89 Å². The van der Waals surface area contributed by atoms with Gasteiger partial charge in [0.1, 0.15) is 0 Å². The fourth-order valence-electron chi connectivity index (χ4n) is 2.93. The molecular formula is C16H33N3O4S2. The Hall–Kier alpha value is -0.190. The van der Waals surface area contributed by atoms with Gasteiger partial charge in [0.15, 0.2) is 0 Å². The van der Waals surface area contributed by atoms with E-state index in [0.29, 0.717) is 18.5 Å². The van der Waals surface area contributed by atoms with Gasteiger partial charge in [-0.15, -0.1) is 0 Å². The molecule has 0 saturated carbocycles. The number of ether oxygens (including phenoxy) is 2. The Balaban J connectivity index is 0.000000257. The third-order valence-corrected chi connectivity index (χ3v) is 4.96. The number of hydrogen-bond acceptors (Lipinski definition) is 9. The number of hydrogen-bond donors (Lipinski definition) is 3. The van der Waals surface area contributed by atoms with E-state index in [1.807, 2.05) is 4.89 Å². The van der Waals surface area contributed by atoms with Crippen LogP contribution >= 0.6 is 25.4 Å².